The van der Waals surface area contributed by atoms with Gasteiger partial charge < -0.3 is 4.90 Å². The van der Waals surface area contributed by atoms with Crippen molar-refractivity contribution in [3.05, 3.63) is 18.0 Å². The van der Waals surface area contributed by atoms with Crippen molar-refractivity contribution in [1.29, 1.82) is 0 Å². The molecular weight excluding hydrogens is 240 g/mol. The number of hydrogen-bond acceptors (Lipinski definition) is 3. The zero-order valence-corrected chi connectivity index (χ0v) is 12.4. The minimum Gasteiger partial charge on any atom is -0.340 e. The lowest BCUT2D eigenvalue weighted by molar-refractivity contribution is -0.134. The van der Waals surface area contributed by atoms with Crippen LogP contribution in [-0.4, -0.2) is 50.7 Å². The highest BCUT2D eigenvalue weighted by atomic mass is 16.2. The van der Waals surface area contributed by atoms with Crippen molar-refractivity contribution in [2.75, 3.05) is 19.6 Å². The SMILES string of the molecule is CCn1nccc1CN1CCN(C(C)=O)CC1(C)C. The van der Waals surface area contributed by atoms with E-state index in [0.29, 0.717) is 0 Å². The third-order valence-corrected chi connectivity index (χ3v) is 3.98. The fraction of sp³-hybridized carbons (Fsp3) is 0.714. The second kappa shape index (κ2) is 5.33. The molecular formula is C14H24N4O. The second-order valence-corrected chi connectivity index (χ2v) is 5.81. The van der Waals surface area contributed by atoms with Gasteiger partial charge in [-0.05, 0) is 26.8 Å². The Labute approximate surface area is 115 Å². The lowest BCUT2D eigenvalue weighted by atomic mass is 9.98. The van der Waals surface area contributed by atoms with E-state index in [2.05, 4.69) is 36.8 Å². The Balaban J connectivity index is 2.07. The first-order valence-corrected chi connectivity index (χ1v) is 6.95. The molecule has 2 rings (SSSR count). The monoisotopic (exact) mass is 264 g/mol. The molecule has 1 aromatic heterocycles. The minimum atomic E-state index is 0.00671. The van der Waals surface area contributed by atoms with Crippen molar-refractivity contribution in [2.24, 2.45) is 0 Å². The summed E-state index contributed by atoms with van der Waals surface area (Å²) in [5.74, 6) is 0.173. The molecule has 0 unspecified atom stereocenters. The Kier molecular flexibility index (Phi) is 3.94. The maximum absolute atomic E-state index is 11.5. The number of amides is 1. The smallest absolute Gasteiger partial charge is 0.219 e. The third-order valence-electron chi connectivity index (χ3n) is 3.98. The number of nitrogens with zero attached hydrogens (tertiary/aromatic N) is 4. The highest BCUT2D eigenvalue weighted by molar-refractivity contribution is 5.73. The van der Waals surface area contributed by atoms with Crippen molar-refractivity contribution in [2.45, 2.75) is 46.3 Å². The Morgan fingerprint density at radius 1 is 1.42 bits per heavy atom. The first kappa shape index (κ1) is 14.1. The molecule has 1 aliphatic rings. The van der Waals surface area contributed by atoms with Gasteiger partial charge in [0.1, 0.15) is 0 Å². The van der Waals surface area contributed by atoms with Crippen molar-refractivity contribution >= 4 is 5.91 Å². The number of hydrogen-bond donors (Lipinski definition) is 0. The summed E-state index contributed by atoms with van der Waals surface area (Å²) in [6.45, 7) is 12.5. The number of aryl methyl sites for hydroxylation is 1. The fourth-order valence-electron chi connectivity index (χ4n) is 2.73. The molecule has 0 N–H and O–H groups in total. The van der Waals surface area contributed by atoms with E-state index in [9.17, 15) is 4.79 Å². The molecule has 0 radical (unpaired) electrons. The summed E-state index contributed by atoms with van der Waals surface area (Å²) in [6.07, 6.45) is 1.86. The van der Waals surface area contributed by atoms with Gasteiger partial charge in [-0.3, -0.25) is 14.4 Å². The van der Waals surface area contributed by atoms with Gasteiger partial charge in [0.15, 0.2) is 0 Å². The molecule has 19 heavy (non-hydrogen) atoms. The standard InChI is InChI=1S/C14H24N4O/c1-5-18-13(6-7-15-18)10-17-9-8-16(12(2)19)11-14(17,3)4/h6-7H,5,8-11H2,1-4H3. The Morgan fingerprint density at radius 3 is 2.74 bits per heavy atom. The Hall–Kier alpha value is -1.36. The topological polar surface area (TPSA) is 41.4 Å². The predicted octanol–water partition coefficient (Wildman–Crippen LogP) is 1.35. The Morgan fingerprint density at radius 2 is 2.16 bits per heavy atom. The molecule has 0 spiro atoms. The van der Waals surface area contributed by atoms with Gasteiger partial charge in [0.05, 0.1) is 5.69 Å². The normalized spacial score (nSPS) is 19.7. The van der Waals surface area contributed by atoms with Gasteiger partial charge in [0, 0.05) is 51.4 Å². The van der Waals surface area contributed by atoms with Crippen LogP contribution >= 0.6 is 0 Å². The molecule has 1 saturated heterocycles. The molecule has 1 aromatic rings. The summed E-state index contributed by atoms with van der Waals surface area (Å²) in [6, 6.07) is 2.08. The molecule has 5 heteroatoms. The van der Waals surface area contributed by atoms with Crippen LogP contribution in [0.4, 0.5) is 0 Å². The first-order valence-electron chi connectivity index (χ1n) is 6.95. The summed E-state index contributed by atoms with van der Waals surface area (Å²) >= 11 is 0. The molecule has 1 amide bonds. The van der Waals surface area contributed by atoms with E-state index in [1.807, 2.05) is 15.8 Å². The van der Waals surface area contributed by atoms with Crippen molar-refractivity contribution < 1.29 is 4.79 Å². The van der Waals surface area contributed by atoms with Crippen LogP contribution in [0.3, 0.4) is 0 Å². The van der Waals surface area contributed by atoms with E-state index in [0.717, 1.165) is 32.7 Å². The summed E-state index contributed by atoms with van der Waals surface area (Å²) in [5, 5.41) is 4.32. The van der Waals surface area contributed by atoms with E-state index in [4.69, 9.17) is 0 Å². The number of rotatable bonds is 3. The van der Waals surface area contributed by atoms with Crippen LogP contribution in [0, 0.1) is 0 Å². The summed E-state index contributed by atoms with van der Waals surface area (Å²) in [7, 11) is 0. The van der Waals surface area contributed by atoms with E-state index in [-0.39, 0.29) is 11.4 Å². The van der Waals surface area contributed by atoms with E-state index >= 15 is 0 Å². The summed E-state index contributed by atoms with van der Waals surface area (Å²) in [5.41, 5.74) is 1.25. The van der Waals surface area contributed by atoms with Crippen molar-refractivity contribution in [3.8, 4) is 0 Å². The zero-order valence-electron chi connectivity index (χ0n) is 12.4. The molecule has 0 aliphatic carbocycles. The lowest BCUT2D eigenvalue weighted by Gasteiger charge is -2.47. The highest BCUT2D eigenvalue weighted by Gasteiger charge is 2.34. The third kappa shape index (κ3) is 2.97. The first-order chi connectivity index (χ1) is 8.94. The van der Waals surface area contributed by atoms with Crippen molar-refractivity contribution in [1.82, 2.24) is 19.6 Å². The quantitative estimate of drug-likeness (QED) is 0.827. The van der Waals surface area contributed by atoms with Gasteiger partial charge in [-0.15, -0.1) is 0 Å². The predicted molar refractivity (Wildman–Crippen MR) is 74.6 cm³/mol. The number of carbonyl (C=O) groups excluding carboxylic acids is 1. The van der Waals surface area contributed by atoms with Gasteiger partial charge >= 0.3 is 0 Å². The van der Waals surface area contributed by atoms with Gasteiger partial charge in [-0.1, -0.05) is 0 Å². The maximum atomic E-state index is 11.5. The lowest BCUT2D eigenvalue weighted by Crippen LogP contribution is -2.59. The van der Waals surface area contributed by atoms with E-state index < -0.39 is 0 Å². The van der Waals surface area contributed by atoms with Crippen LogP contribution in [0.2, 0.25) is 0 Å². The van der Waals surface area contributed by atoms with E-state index in [1.54, 1.807) is 6.92 Å². The molecule has 5 nitrogen and oxygen atoms in total. The zero-order chi connectivity index (χ0) is 14.0. The van der Waals surface area contributed by atoms with Gasteiger partial charge in [0.2, 0.25) is 5.91 Å². The van der Waals surface area contributed by atoms with Gasteiger partial charge in [-0.25, -0.2) is 0 Å². The highest BCUT2D eigenvalue weighted by Crippen LogP contribution is 2.23. The summed E-state index contributed by atoms with van der Waals surface area (Å²) in [4.78, 5) is 15.9. The molecule has 1 fully saturated rings. The number of aromatic nitrogens is 2. The van der Waals surface area contributed by atoms with Crippen LogP contribution in [0.25, 0.3) is 0 Å². The van der Waals surface area contributed by atoms with Crippen LogP contribution in [-0.2, 0) is 17.9 Å². The van der Waals surface area contributed by atoms with Crippen LogP contribution in [0.5, 0.6) is 0 Å². The van der Waals surface area contributed by atoms with Crippen LogP contribution in [0.1, 0.15) is 33.4 Å². The van der Waals surface area contributed by atoms with Crippen LogP contribution < -0.4 is 0 Å². The minimum absolute atomic E-state index is 0.00671. The number of piperazine rings is 1. The molecule has 106 valence electrons. The summed E-state index contributed by atoms with van der Waals surface area (Å²) < 4.78 is 2.04. The average molecular weight is 264 g/mol. The molecule has 0 saturated carbocycles. The molecule has 0 aromatic carbocycles. The molecule has 2 heterocycles. The second-order valence-electron chi connectivity index (χ2n) is 5.81. The average Bonchev–Trinajstić information content (AvgIpc) is 2.78. The molecule has 0 bridgehead atoms. The van der Waals surface area contributed by atoms with Crippen LogP contribution in [0.15, 0.2) is 12.3 Å². The van der Waals surface area contributed by atoms with Crippen molar-refractivity contribution in [3.63, 3.8) is 0 Å². The van der Waals surface area contributed by atoms with Gasteiger partial charge in [-0.2, -0.15) is 5.10 Å². The van der Waals surface area contributed by atoms with E-state index in [1.165, 1.54) is 5.69 Å². The maximum Gasteiger partial charge on any atom is 0.219 e. The molecule has 0 atom stereocenters. The number of carbonyl (C=O) groups is 1. The van der Waals surface area contributed by atoms with Gasteiger partial charge in [0.25, 0.3) is 0 Å². The molecule has 1 aliphatic heterocycles. The fourth-order valence-corrected chi connectivity index (χ4v) is 2.73. The largest absolute Gasteiger partial charge is 0.340 e. The Bertz CT molecular complexity index is 452.